The van der Waals surface area contributed by atoms with Crippen molar-refractivity contribution in [3.8, 4) is 10.9 Å². The van der Waals surface area contributed by atoms with Crippen LogP contribution in [0.15, 0.2) is 24.3 Å². The van der Waals surface area contributed by atoms with E-state index in [9.17, 15) is 0 Å². The first-order valence-corrected chi connectivity index (χ1v) is 6.05. The van der Waals surface area contributed by atoms with Gasteiger partial charge in [-0.3, -0.25) is 0 Å². The summed E-state index contributed by atoms with van der Waals surface area (Å²) in [4.78, 5) is 4.84. The van der Waals surface area contributed by atoms with Gasteiger partial charge in [-0.15, -0.1) is 0 Å². The Kier molecular flexibility index (Phi) is 3.66. The van der Waals surface area contributed by atoms with Gasteiger partial charge in [0.2, 0.25) is 0 Å². The van der Waals surface area contributed by atoms with Crippen LogP contribution in [0.2, 0.25) is 10.2 Å². The summed E-state index contributed by atoms with van der Waals surface area (Å²) in [5, 5.41) is 1.36. The predicted molar refractivity (Wildman–Crippen MR) is 66.5 cm³/mol. The fraction of sp³-hybridized carbons (Fsp3) is 0.100. The number of para-hydroxylation sites is 1. The van der Waals surface area contributed by atoms with Crippen molar-refractivity contribution in [1.29, 1.82) is 0 Å². The number of ether oxygens (including phenoxy) is 1. The molecule has 1 aromatic carbocycles. The Labute approximate surface area is 107 Å². The van der Waals surface area contributed by atoms with Gasteiger partial charge in [0.05, 0.1) is 9.90 Å². The molecule has 2 N–H and O–H groups in total. The SMILES string of the molecule is NCc1sc(Oc2ccccc2Cl)nc1Cl. The highest BCUT2D eigenvalue weighted by Crippen LogP contribution is 2.34. The van der Waals surface area contributed by atoms with E-state index >= 15 is 0 Å². The zero-order valence-corrected chi connectivity index (χ0v) is 10.4. The smallest absolute Gasteiger partial charge is 0.280 e. The van der Waals surface area contributed by atoms with Gasteiger partial charge in [-0.25, -0.2) is 0 Å². The molecule has 0 bridgehead atoms. The number of benzene rings is 1. The maximum Gasteiger partial charge on any atom is 0.280 e. The van der Waals surface area contributed by atoms with Gasteiger partial charge < -0.3 is 10.5 Å². The molecule has 0 saturated heterocycles. The van der Waals surface area contributed by atoms with Crippen LogP contribution < -0.4 is 10.5 Å². The normalized spacial score (nSPS) is 10.4. The molecule has 0 fully saturated rings. The van der Waals surface area contributed by atoms with E-state index in [1.165, 1.54) is 11.3 Å². The van der Waals surface area contributed by atoms with E-state index in [0.29, 0.717) is 27.7 Å². The minimum absolute atomic E-state index is 0.350. The highest BCUT2D eigenvalue weighted by Gasteiger charge is 2.10. The fourth-order valence-electron chi connectivity index (χ4n) is 1.10. The van der Waals surface area contributed by atoms with Gasteiger partial charge in [-0.2, -0.15) is 4.98 Å². The number of thiazole rings is 1. The molecule has 0 radical (unpaired) electrons. The second kappa shape index (κ2) is 5.01. The van der Waals surface area contributed by atoms with Crippen molar-refractivity contribution >= 4 is 34.5 Å². The van der Waals surface area contributed by atoms with Crippen molar-refractivity contribution in [2.24, 2.45) is 5.73 Å². The van der Waals surface area contributed by atoms with Gasteiger partial charge in [0, 0.05) is 6.54 Å². The third-order valence-electron chi connectivity index (χ3n) is 1.85. The number of hydrogen-bond donors (Lipinski definition) is 1. The number of nitrogens with zero attached hydrogens (tertiary/aromatic N) is 1. The molecular weight excluding hydrogens is 267 g/mol. The molecule has 0 aliphatic heterocycles. The van der Waals surface area contributed by atoms with Crippen LogP contribution in [0.3, 0.4) is 0 Å². The maximum absolute atomic E-state index is 5.95. The number of rotatable bonds is 3. The first-order chi connectivity index (χ1) is 7.70. The van der Waals surface area contributed by atoms with E-state index in [2.05, 4.69) is 4.98 Å². The Morgan fingerprint density at radius 3 is 2.69 bits per heavy atom. The van der Waals surface area contributed by atoms with E-state index in [1.807, 2.05) is 12.1 Å². The molecule has 0 aliphatic carbocycles. The number of aromatic nitrogens is 1. The molecule has 1 heterocycles. The van der Waals surface area contributed by atoms with Crippen LogP contribution >= 0.6 is 34.5 Å². The second-order valence-corrected chi connectivity index (χ2v) is 4.74. The van der Waals surface area contributed by atoms with E-state index in [4.69, 9.17) is 33.7 Å². The molecule has 0 spiro atoms. The van der Waals surface area contributed by atoms with Crippen molar-refractivity contribution in [2.75, 3.05) is 0 Å². The van der Waals surface area contributed by atoms with Gasteiger partial charge in [-0.05, 0) is 12.1 Å². The van der Waals surface area contributed by atoms with E-state index in [0.717, 1.165) is 4.88 Å². The van der Waals surface area contributed by atoms with E-state index in [1.54, 1.807) is 12.1 Å². The topological polar surface area (TPSA) is 48.1 Å². The zero-order valence-electron chi connectivity index (χ0n) is 8.11. The van der Waals surface area contributed by atoms with Crippen molar-refractivity contribution in [3.63, 3.8) is 0 Å². The molecule has 16 heavy (non-hydrogen) atoms. The van der Waals surface area contributed by atoms with Gasteiger partial charge in [0.25, 0.3) is 5.19 Å². The Balaban J connectivity index is 2.24. The largest absolute Gasteiger partial charge is 0.429 e. The molecule has 0 amide bonds. The summed E-state index contributed by atoms with van der Waals surface area (Å²) in [6.45, 7) is 0.350. The average Bonchev–Trinajstić information content (AvgIpc) is 2.62. The standard InChI is InChI=1S/C10H8Cl2N2OS/c11-6-3-1-2-4-7(6)15-10-14-9(12)8(5-13)16-10/h1-4H,5,13H2. The Morgan fingerprint density at radius 2 is 2.06 bits per heavy atom. The first kappa shape index (κ1) is 11.7. The summed E-state index contributed by atoms with van der Waals surface area (Å²) in [7, 11) is 0. The lowest BCUT2D eigenvalue weighted by atomic mass is 10.3. The molecule has 1 aromatic heterocycles. The monoisotopic (exact) mass is 274 g/mol. The van der Waals surface area contributed by atoms with Crippen LogP contribution in [0, 0.1) is 0 Å². The van der Waals surface area contributed by atoms with Crippen molar-refractivity contribution in [1.82, 2.24) is 4.98 Å². The molecule has 84 valence electrons. The molecule has 2 rings (SSSR count). The zero-order chi connectivity index (χ0) is 11.5. The molecule has 0 saturated carbocycles. The molecular formula is C10H8Cl2N2OS. The van der Waals surface area contributed by atoms with Gasteiger partial charge >= 0.3 is 0 Å². The second-order valence-electron chi connectivity index (χ2n) is 2.93. The average molecular weight is 275 g/mol. The summed E-state index contributed by atoms with van der Waals surface area (Å²) in [5.41, 5.74) is 5.49. The Bertz CT molecular complexity index is 501. The van der Waals surface area contributed by atoms with Crippen molar-refractivity contribution < 1.29 is 4.74 Å². The lowest BCUT2D eigenvalue weighted by Gasteiger charge is -2.02. The lowest BCUT2D eigenvalue weighted by Crippen LogP contribution is -1.92. The highest BCUT2D eigenvalue weighted by atomic mass is 35.5. The molecule has 6 heteroatoms. The Hall–Kier alpha value is -0.810. The van der Waals surface area contributed by atoms with Crippen molar-refractivity contribution in [2.45, 2.75) is 6.54 Å². The number of hydrogen-bond acceptors (Lipinski definition) is 4. The molecule has 0 atom stereocenters. The number of halogens is 2. The summed E-state index contributed by atoms with van der Waals surface area (Å²) in [6.07, 6.45) is 0. The minimum Gasteiger partial charge on any atom is -0.429 e. The molecule has 0 aliphatic rings. The van der Waals surface area contributed by atoms with Gasteiger partial charge in [0.15, 0.2) is 0 Å². The van der Waals surface area contributed by atoms with Gasteiger partial charge in [-0.1, -0.05) is 46.7 Å². The maximum atomic E-state index is 5.95. The van der Waals surface area contributed by atoms with Crippen LogP contribution in [-0.2, 0) is 6.54 Å². The minimum atomic E-state index is 0.350. The summed E-state index contributed by atoms with van der Waals surface area (Å²) < 4.78 is 5.51. The highest BCUT2D eigenvalue weighted by molar-refractivity contribution is 7.14. The van der Waals surface area contributed by atoms with Crippen LogP contribution in [0.4, 0.5) is 0 Å². The van der Waals surface area contributed by atoms with E-state index < -0.39 is 0 Å². The number of nitrogens with two attached hydrogens (primary N) is 1. The predicted octanol–water partition coefficient (Wildman–Crippen LogP) is 3.70. The van der Waals surface area contributed by atoms with Crippen LogP contribution in [-0.4, -0.2) is 4.98 Å². The van der Waals surface area contributed by atoms with Gasteiger partial charge in [0.1, 0.15) is 10.9 Å². The third kappa shape index (κ3) is 2.47. The third-order valence-corrected chi connectivity index (χ3v) is 3.54. The Morgan fingerprint density at radius 1 is 1.31 bits per heavy atom. The molecule has 0 unspecified atom stereocenters. The summed E-state index contributed by atoms with van der Waals surface area (Å²) in [5.74, 6) is 0.554. The first-order valence-electron chi connectivity index (χ1n) is 4.48. The van der Waals surface area contributed by atoms with Crippen LogP contribution in [0.5, 0.6) is 10.9 Å². The molecule has 2 aromatic rings. The lowest BCUT2D eigenvalue weighted by molar-refractivity contribution is 0.479. The quantitative estimate of drug-likeness (QED) is 0.929. The van der Waals surface area contributed by atoms with Crippen molar-refractivity contribution in [3.05, 3.63) is 39.3 Å². The summed E-state index contributed by atoms with van der Waals surface area (Å²) >= 11 is 13.1. The fourth-order valence-corrected chi connectivity index (χ4v) is 2.29. The summed E-state index contributed by atoms with van der Waals surface area (Å²) in [6, 6.07) is 7.17. The van der Waals surface area contributed by atoms with Crippen LogP contribution in [0.1, 0.15) is 4.88 Å². The van der Waals surface area contributed by atoms with Crippen LogP contribution in [0.25, 0.3) is 0 Å². The van der Waals surface area contributed by atoms with E-state index in [-0.39, 0.29) is 0 Å². The molecule has 3 nitrogen and oxygen atoms in total.